The molecule has 0 atom stereocenters. The molecule has 1 aliphatic rings. The van der Waals surface area contributed by atoms with Gasteiger partial charge in [0.2, 0.25) is 11.8 Å². The summed E-state index contributed by atoms with van der Waals surface area (Å²) < 4.78 is 0. The Balaban J connectivity index is 1.63. The van der Waals surface area contributed by atoms with Crippen molar-refractivity contribution >= 4 is 17.5 Å². The normalized spacial score (nSPS) is 16.7. The van der Waals surface area contributed by atoms with Crippen LogP contribution >= 0.6 is 0 Å². The first-order valence-electron chi connectivity index (χ1n) is 9.28. The molecule has 7 nitrogen and oxygen atoms in total. The molecular weight excluding hydrogens is 342 g/mol. The monoisotopic (exact) mass is 369 g/mol. The fraction of sp³-hybridized carbons (Fsp3) is 0.450. The number of H-pyrrole nitrogens is 1. The van der Waals surface area contributed by atoms with Crippen molar-refractivity contribution < 1.29 is 9.59 Å². The summed E-state index contributed by atoms with van der Waals surface area (Å²) in [6, 6.07) is 10.1. The van der Waals surface area contributed by atoms with E-state index in [4.69, 9.17) is 0 Å². The van der Waals surface area contributed by atoms with Crippen LogP contribution in [0.4, 0.5) is 5.69 Å². The number of anilines is 1. The fourth-order valence-corrected chi connectivity index (χ4v) is 3.79. The Morgan fingerprint density at radius 2 is 1.85 bits per heavy atom. The van der Waals surface area contributed by atoms with Gasteiger partial charge in [-0.1, -0.05) is 30.3 Å². The summed E-state index contributed by atoms with van der Waals surface area (Å²) in [6.07, 6.45) is 1.54. The van der Waals surface area contributed by atoms with Crippen molar-refractivity contribution in [2.45, 2.75) is 39.2 Å². The molecule has 1 aromatic heterocycles. The number of aromatic nitrogens is 2. The van der Waals surface area contributed by atoms with Gasteiger partial charge in [0.1, 0.15) is 0 Å². The van der Waals surface area contributed by atoms with E-state index in [-0.39, 0.29) is 17.4 Å². The Labute approximate surface area is 159 Å². The van der Waals surface area contributed by atoms with Crippen LogP contribution in [0.25, 0.3) is 0 Å². The lowest BCUT2D eigenvalue weighted by Gasteiger charge is -2.42. The van der Waals surface area contributed by atoms with Crippen LogP contribution in [0.2, 0.25) is 0 Å². The van der Waals surface area contributed by atoms with E-state index in [2.05, 4.69) is 37.9 Å². The minimum Gasteiger partial charge on any atom is -0.347 e. The quantitative estimate of drug-likeness (QED) is 0.753. The van der Waals surface area contributed by atoms with Gasteiger partial charge in [-0.3, -0.25) is 19.6 Å². The number of hydrogen-bond acceptors (Lipinski definition) is 4. The summed E-state index contributed by atoms with van der Waals surface area (Å²) in [5.41, 5.74) is 3.15. The summed E-state index contributed by atoms with van der Waals surface area (Å²) in [7, 11) is 0. The van der Waals surface area contributed by atoms with Crippen molar-refractivity contribution in [1.82, 2.24) is 20.4 Å². The Hall–Kier alpha value is -2.67. The van der Waals surface area contributed by atoms with Gasteiger partial charge < -0.3 is 10.6 Å². The molecule has 27 heavy (non-hydrogen) atoms. The van der Waals surface area contributed by atoms with Gasteiger partial charge in [0.05, 0.1) is 29.2 Å². The van der Waals surface area contributed by atoms with Gasteiger partial charge in [0.25, 0.3) is 0 Å². The highest BCUT2D eigenvalue weighted by Crippen LogP contribution is 2.33. The van der Waals surface area contributed by atoms with Crippen LogP contribution in [-0.2, 0) is 15.1 Å². The third-order valence-electron chi connectivity index (χ3n) is 5.21. The van der Waals surface area contributed by atoms with Gasteiger partial charge >= 0.3 is 0 Å². The third kappa shape index (κ3) is 4.36. The number of benzene rings is 1. The second-order valence-corrected chi connectivity index (χ2v) is 7.26. The molecule has 0 unspecified atom stereocenters. The predicted octanol–water partition coefficient (Wildman–Crippen LogP) is 2.09. The number of likely N-dealkylation sites (tertiary alicyclic amines) is 1. The van der Waals surface area contributed by atoms with Crippen molar-refractivity contribution in [1.29, 1.82) is 0 Å². The summed E-state index contributed by atoms with van der Waals surface area (Å²) in [5.74, 6) is -0.0784. The third-order valence-corrected chi connectivity index (χ3v) is 5.21. The molecule has 0 saturated carbocycles. The molecule has 1 aliphatic heterocycles. The second kappa shape index (κ2) is 7.92. The van der Waals surface area contributed by atoms with E-state index in [0.717, 1.165) is 48.6 Å². The molecule has 0 spiro atoms. The molecule has 1 aromatic carbocycles. The molecule has 7 heteroatoms. The molecule has 144 valence electrons. The van der Waals surface area contributed by atoms with E-state index < -0.39 is 0 Å². The van der Waals surface area contributed by atoms with Crippen molar-refractivity contribution in [3.63, 3.8) is 0 Å². The lowest BCUT2D eigenvalue weighted by Crippen LogP contribution is -2.53. The largest absolute Gasteiger partial charge is 0.347 e. The highest BCUT2D eigenvalue weighted by Gasteiger charge is 2.37. The highest BCUT2D eigenvalue weighted by atomic mass is 16.2. The Kier molecular flexibility index (Phi) is 5.60. The second-order valence-electron chi connectivity index (χ2n) is 7.26. The lowest BCUT2D eigenvalue weighted by molar-refractivity contribution is -0.122. The van der Waals surface area contributed by atoms with E-state index in [9.17, 15) is 9.59 Å². The maximum Gasteiger partial charge on any atom is 0.238 e. The average molecular weight is 369 g/mol. The molecule has 2 heterocycles. The molecular formula is C20H27N5O2. The molecule has 3 N–H and O–H groups in total. The van der Waals surface area contributed by atoms with Crippen LogP contribution in [0.5, 0.6) is 0 Å². The molecule has 2 aromatic rings. The zero-order valence-electron chi connectivity index (χ0n) is 16.1. The van der Waals surface area contributed by atoms with Crippen LogP contribution in [0.3, 0.4) is 0 Å². The molecule has 3 rings (SSSR count). The van der Waals surface area contributed by atoms with Gasteiger partial charge in [-0.2, -0.15) is 5.10 Å². The molecule has 1 fully saturated rings. The SMILES string of the molecule is CC(=O)NC1(c2ccccc2)CCN(CC(=O)Nc2c(C)n[nH]c2C)CC1. The topological polar surface area (TPSA) is 90.1 Å². The van der Waals surface area contributed by atoms with Crippen molar-refractivity contribution in [3.05, 3.63) is 47.3 Å². The van der Waals surface area contributed by atoms with Crippen molar-refractivity contribution in [3.8, 4) is 0 Å². The van der Waals surface area contributed by atoms with Gasteiger partial charge in [0, 0.05) is 20.0 Å². The minimum absolute atomic E-state index is 0.0315. The lowest BCUT2D eigenvalue weighted by atomic mass is 9.80. The summed E-state index contributed by atoms with van der Waals surface area (Å²) in [6.45, 7) is 7.12. The Bertz CT molecular complexity index is 788. The van der Waals surface area contributed by atoms with Gasteiger partial charge in [-0.25, -0.2) is 0 Å². The van der Waals surface area contributed by atoms with Crippen molar-refractivity contribution in [2.75, 3.05) is 25.0 Å². The highest BCUT2D eigenvalue weighted by molar-refractivity contribution is 5.93. The van der Waals surface area contributed by atoms with Crippen LogP contribution in [0.15, 0.2) is 30.3 Å². The maximum absolute atomic E-state index is 12.4. The number of aromatic amines is 1. The number of carbonyl (C=O) groups excluding carboxylic acids is 2. The zero-order chi connectivity index (χ0) is 19.4. The average Bonchev–Trinajstić information content (AvgIpc) is 2.96. The Morgan fingerprint density at radius 1 is 1.19 bits per heavy atom. The zero-order valence-corrected chi connectivity index (χ0v) is 16.1. The van der Waals surface area contributed by atoms with Gasteiger partial charge in [0.15, 0.2) is 0 Å². The number of carbonyl (C=O) groups is 2. The number of piperidine rings is 1. The number of amides is 2. The first kappa shape index (κ1) is 19.1. The molecule has 0 radical (unpaired) electrons. The first-order valence-corrected chi connectivity index (χ1v) is 9.28. The first-order chi connectivity index (χ1) is 12.9. The van der Waals surface area contributed by atoms with E-state index in [1.54, 1.807) is 6.92 Å². The smallest absolute Gasteiger partial charge is 0.238 e. The molecule has 2 amide bonds. The molecule has 0 aliphatic carbocycles. The van der Waals surface area contributed by atoms with E-state index in [1.165, 1.54) is 0 Å². The fourth-order valence-electron chi connectivity index (χ4n) is 3.79. The van der Waals surface area contributed by atoms with Crippen LogP contribution in [-0.4, -0.2) is 46.5 Å². The summed E-state index contributed by atoms with van der Waals surface area (Å²) >= 11 is 0. The number of nitrogens with zero attached hydrogens (tertiary/aromatic N) is 2. The van der Waals surface area contributed by atoms with E-state index in [0.29, 0.717) is 6.54 Å². The number of hydrogen-bond donors (Lipinski definition) is 3. The van der Waals surface area contributed by atoms with Gasteiger partial charge in [-0.15, -0.1) is 0 Å². The van der Waals surface area contributed by atoms with E-state index in [1.807, 2.05) is 32.0 Å². The van der Waals surface area contributed by atoms with Crippen LogP contribution in [0, 0.1) is 13.8 Å². The van der Waals surface area contributed by atoms with Gasteiger partial charge in [-0.05, 0) is 32.3 Å². The summed E-state index contributed by atoms with van der Waals surface area (Å²) in [4.78, 5) is 26.3. The standard InChI is InChI=1S/C20H27N5O2/c1-14-19(15(2)24-23-14)21-18(27)13-25-11-9-20(10-12-25,22-16(3)26)17-7-5-4-6-8-17/h4-8H,9-13H2,1-3H3,(H,21,27)(H,22,26)(H,23,24). The number of rotatable bonds is 5. The van der Waals surface area contributed by atoms with Crippen LogP contribution < -0.4 is 10.6 Å². The molecule has 1 saturated heterocycles. The van der Waals surface area contributed by atoms with Crippen LogP contribution in [0.1, 0.15) is 36.7 Å². The Morgan fingerprint density at radius 3 is 2.41 bits per heavy atom. The minimum atomic E-state index is -0.363. The predicted molar refractivity (Wildman–Crippen MR) is 104 cm³/mol. The number of aryl methyl sites for hydroxylation is 2. The van der Waals surface area contributed by atoms with Crippen molar-refractivity contribution in [2.24, 2.45) is 0 Å². The molecule has 0 bridgehead atoms. The summed E-state index contributed by atoms with van der Waals surface area (Å²) in [5, 5.41) is 13.1. The number of nitrogens with one attached hydrogen (secondary N) is 3. The van der Waals surface area contributed by atoms with E-state index >= 15 is 0 Å². The maximum atomic E-state index is 12.4.